The molecule has 0 aliphatic rings. The number of halogens is 2. The number of hydrogen-bond donors (Lipinski definition) is 1. The van der Waals surface area contributed by atoms with Crippen LogP contribution in [0.4, 0.5) is 10.1 Å². The molecule has 0 amide bonds. The van der Waals surface area contributed by atoms with Gasteiger partial charge in [0.25, 0.3) is 10.0 Å². The van der Waals surface area contributed by atoms with Gasteiger partial charge in [0.1, 0.15) is 5.15 Å². The summed E-state index contributed by atoms with van der Waals surface area (Å²) in [7, 11) is -4.37. The Morgan fingerprint density at radius 1 is 1.28 bits per heavy atom. The van der Waals surface area contributed by atoms with Crippen LogP contribution < -0.4 is 0 Å². The second kappa shape index (κ2) is 7.76. The summed E-state index contributed by atoms with van der Waals surface area (Å²) in [5, 5.41) is 19.9. The average Bonchev–Trinajstić information content (AvgIpc) is 2.99. The number of carbonyl (C=O) groups is 1. The minimum Gasteiger partial charge on any atom is -0.481 e. The second-order valence-electron chi connectivity index (χ2n) is 6.06. The molecular weight excluding hydrogens is 429 g/mol. The number of carboxylic acids is 1. The third kappa shape index (κ3) is 4.05. The summed E-state index contributed by atoms with van der Waals surface area (Å²) in [6, 6.07) is 6.52. The Bertz CT molecular complexity index is 1240. The van der Waals surface area contributed by atoms with Crippen molar-refractivity contribution in [2.24, 2.45) is 0 Å². The molecular formula is C17H13ClFN3O6S. The predicted molar refractivity (Wildman–Crippen MR) is 101 cm³/mol. The smallest absolute Gasteiger partial charge is 0.306 e. The molecule has 0 saturated carbocycles. The lowest BCUT2D eigenvalue weighted by atomic mass is 10.2. The Hall–Kier alpha value is -3.05. The number of aryl methyl sites for hydroxylation is 1. The van der Waals surface area contributed by atoms with Crippen LogP contribution in [-0.4, -0.2) is 33.4 Å². The molecule has 3 rings (SSSR count). The number of benzene rings is 1. The number of aromatic nitrogens is 2. The molecule has 0 aliphatic heterocycles. The fraction of sp³-hybridized carbons (Fsp3) is 0.176. The van der Waals surface area contributed by atoms with Crippen molar-refractivity contribution in [1.29, 1.82) is 0 Å². The van der Waals surface area contributed by atoms with E-state index in [2.05, 4.69) is 4.98 Å². The van der Waals surface area contributed by atoms with E-state index in [1.807, 2.05) is 0 Å². The molecule has 0 aliphatic carbocycles. The minimum absolute atomic E-state index is 0.0861. The third-order valence-corrected chi connectivity index (χ3v) is 6.10. The maximum atomic E-state index is 13.6. The van der Waals surface area contributed by atoms with Crippen LogP contribution in [0.2, 0.25) is 5.15 Å². The predicted octanol–water partition coefficient (Wildman–Crippen LogP) is 3.38. The maximum Gasteiger partial charge on any atom is 0.306 e. The zero-order valence-corrected chi connectivity index (χ0v) is 16.2. The lowest BCUT2D eigenvalue weighted by Gasteiger charge is -2.12. The molecule has 152 valence electrons. The van der Waals surface area contributed by atoms with Crippen LogP contribution in [0.15, 0.2) is 41.3 Å². The number of nitro groups is 1. The fourth-order valence-corrected chi connectivity index (χ4v) is 4.60. The van der Waals surface area contributed by atoms with Gasteiger partial charge < -0.3 is 5.11 Å². The number of hydrogen-bond acceptors (Lipinski definition) is 6. The molecule has 1 aromatic carbocycles. The van der Waals surface area contributed by atoms with Crippen LogP contribution in [-0.2, 0) is 21.2 Å². The normalized spacial score (nSPS) is 11.7. The first-order chi connectivity index (χ1) is 13.6. The summed E-state index contributed by atoms with van der Waals surface area (Å²) < 4.78 is 41.0. The van der Waals surface area contributed by atoms with Gasteiger partial charge in [-0.05, 0) is 43.2 Å². The molecule has 0 radical (unpaired) electrons. The molecule has 12 heteroatoms. The van der Waals surface area contributed by atoms with Gasteiger partial charge in [-0.15, -0.1) is 0 Å². The molecule has 2 aromatic heterocycles. The molecule has 0 bridgehead atoms. The van der Waals surface area contributed by atoms with E-state index >= 15 is 0 Å². The van der Waals surface area contributed by atoms with Gasteiger partial charge in [0, 0.05) is 18.2 Å². The van der Waals surface area contributed by atoms with Crippen LogP contribution in [0.5, 0.6) is 0 Å². The third-order valence-electron chi connectivity index (χ3n) is 4.13. The zero-order chi connectivity index (χ0) is 21.3. The van der Waals surface area contributed by atoms with Crippen LogP contribution in [0.25, 0.3) is 11.0 Å². The van der Waals surface area contributed by atoms with Gasteiger partial charge in [0.05, 0.1) is 20.9 Å². The number of nitro benzene ring substituents is 1. The van der Waals surface area contributed by atoms with Crippen molar-refractivity contribution in [3.8, 4) is 0 Å². The Morgan fingerprint density at radius 3 is 2.66 bits per heavy atom. The molecule has 3 aromatic rings. The summed E-state index contributed by atoms with van der Waals surface area (Å²) >= 11 is 5.87. The molecule has 0 saturated heterocycles. The van der Waals surface area contributed by atoms with E-state index in [9.17, 15) is 27.7 Å². The van der Waals surface area contributed by atoms with Gasteiger partial charge in [-0.3, -0.25) is 14.9 Å². The van der Waals surface area contributed by atoms with Crippen molar-refractivity contribution in [1.82, 2.24) is 8.96 Å². The number of aliphatic carboxylic acids is 1. The monoisotopic (exact) mass is 441 g/mol. The summed E-state index contributed by atoms with van der Waals surface area (Å²) in [6.07, 6.45) is 0.0546. The van der Waals surface area contributed by atoms with Crippen molar-refractivity contribution in [2.45, 2.75) is 24.2 Å². The fourth-order valence-electron chi connectivity index (χ4n) is 2.87. The number of pyridine rings is 1. The highest BCUT2D eigenvalue weighted by Gasteiger charge is 2.27. The first-order valence-corrected chi connectivity index (χ1v) is 10.0. The summed E-state index contributed by atoms with van der Waals surface area (Å²) in [5.41, 5.74) is -0.339. The zero-order valence-electron chi connectivity index (χ0n) is 14.6. The van der Waals surface area contributed by atoms with E-state index in [-0.39, 0.29) is 41.1 Å². The van der Waals surface area contributed by atoms with E-state index in [1.165, 1.54) is 18.2 Å². The highest BCUT2D eigenvalue weighted by molar-refractivity contribution is 7.90. The second-order valence-corrected chi connectivity index (χ2v) is 8.24. The molecule has 0 atom stereocenters. The molecule has 29 heavy (non-hydrogen) atoms. The van der Waals surface area contributed by atoms with Crippen LogP contribution in [0, 0.1) is 15.9 Å². The number of fused-ring (bicyclic) bond motifs is 1. The maximum absolute atomic E-state index is 13.6. The Labute approximate surface area is 168 Å². The van der Waals surface area contributed by atoms with Gasteiger partial charge in [-0.1, -0.05) is 11.6 Å². The van der Waals surface area contributed by atoms with Crippen molar-refractivity contribution in [3.05, 3.63) is 63.2 Å². The largest absolute Gasteiger partial charge is 0.481 e. The molecule has 2 heterocycles. The SMILES string of the molecule is O=C(O)CCCc1cc2nc(Cl)ccc2n1S(=O)(=O)c1ccc(F)c([N+](=O)[O-])c1. The van der Waals surface area contributed by atoms with E-state index in [0.29, 0.717) is 12.1 Å². The van der Waals surface area contributed by atoms with Crippen molar-refractivity contribution < 1.29 is 27.6 Å². The van der Waals surface area contributed by atoms with Gasteiger partial charge >= 0.3 is 11.7 Å². The lowest BCUT2D eigenvalue weighted by Crippen LogP contribution is -2.16. The van der Waals surface area contributed by atoms with Gasteiger partial charge in [0.15, 0.2) is 0 Å². The van der Waals surface area contributed by atoms with Crippen LogP contribution >= 0.6 is 11.6 Å². The van der Waals surface area contributed by atoms with Crippen LogP contribution in [0.3, 0.4) is 0 Å². The van der Waals surface area contributed by atoms with Gasteiger partial charge in [-0.25, -0.2) is 17.4 Å². The molecule has 9 nitrogen and oxygen atoms in total. The number of carboxylic acid groups (broad SMARTS) is 1. The number of rotatable bonds is 7. The summed E-state index contributed by atoms with van der Waals surface area (Å²) in [6.45, 7) is 0. The molecule has 0 fully saturated rings. The first kappa shape index (κ1) is 20.7. The highest BCUT2D eigenvalue weighted by atomic mass is 35.5. The minimum atomic E-state index is -4.37. The molecule has 0 spiro atoms. The molecule has 0 unspecified atom stereocenters. The standard InChI is InChI=1S/C17H13ClFN3O6S/c18-16-7-6-14-13(20-16)8-10(2-1-3-17(23)24)21(14)29(27,28)11-4-5-12(19)15(9-11)22(25)26/h4-9H,1-3H2,(H,23,24). The Morgan fingerprint density at radius 2 is 2.00 bits per heavy atom. The molecule has 1 N–H and O–H groups in total. The van der Waals surface area contributed by atoms with E-state index < -0.39 is 37.3 Å². The van der Waals surface area contributed by atoms with Crippen molar-refractivity contribution in [2.75, 3.05) is 0 Å². The topological polar surface area (TPSA) is 132 Å². The van der Waals surface area contributed by atoms with E-state index in [0.717, 1.165) is 10.0 Å². The quantitative estimate of drug-likeness (QED) is 0.337. The van der Waals surface area contributed by atoms with E-state index in [4.69, 9.17) is 16.7 Å². The Kier molecular flexibility index (Phi) is 5.53. The summed E-state index contributed by atoms with van der Waals surface area (Å²) in [5.74, 6) is -2.20. The first-order valence-electron chi connectivity index (χ1n) is 8.19. The van der Waals surface area contributed by atoms with Gasteiger partial charge in [0.2, 0.25) is 5.82 Å². The lowest BCUT2D eigenvalue weighted by molar-refractivity contribution is -0.387. The Balaban J connectivity index is 2.19. The average molecular weight is 442 g/mol. The van der Waals surface area contributed by atoms with Crippen molar-refractivity contribution in [3.63, 3.8) is 0 Å². The summed E-state index contributed by atoms with van der Waals surface area (Å²) in [4.78, 5) is 24.3. The number of nitrogens with zero attached hydrogens (tertiary/aromatic N) is 3. The van der Waals surface area contributed by atoms with Crippen LogP contribution in [0.1, 0.15) is 18.5 Å². The highest BCUT2D eigenvalue weighted by Crippen LogP contribution is 2.29. The van der Waals surface area contributed by atoms with Gasteiger partial charge in [-0.2, -0.15) is 4.39 Å². The van der Waals surface area contributed by atoms with Crippen molar-refractivity contribution >= 4 is 44.3 Å². The van der Waals surface area contributed by atoms with E-state index in [1.54, 1.807) is 0 Å².